The van der Waals surface area contributed by atoms with E-state index in [1.807, 2.05) is 0 Å². The summed E-state index contributed by atoms with van der Waals surface area (Å²) in [7, 11) is 0. The lowest BCUT2D eigenvalue weighted by atomic mass is 9.45. The summed E-state index contributed by atoms with van der Waals surface area (Å²) >= 11 is 0. The van der Waals surface area contributed by atoms with Gasteiger partial charge in [0.05, 0.1) is 6.10 Å². The third kappa shape index (κ3) is 1.92. The summed E-state index contributed by atoms with van der Waals surface area (Å²) in [5.41, 5.74) is 0.753. The Labute approximate surface area is 135 Å². The van der Waals surface area contributed by atoms with Crippen LogP contribution in [0.15, 0.2) is 0 Å². The molecule has 4 saturated carbocycles. The molecule has 0 bridgehead atoms. The molecule has 8 atom stereocenters. The van der Waals surface area contributed by atoms with Gasteiger partial charge in [0.25, 0.3) is 0 Å². The van der Waals surface area contributed by atoms with Gasteiger partial charge in [0, 0.05) is 5.92 Å². The van der Waals surface area contributed by atoms with Gasteiger partial charge >= 0.3 is 0 Å². The molecule has 4 fully saturated rings. The van der Waals surface area contributed by atoms with Crippen LogP contribution in [0.1, 0.15) is 71.6 Å². The van der Waals surface area contributed by atoms with Crippen molar-refractivity contribution < 1.29 is 9.90 Å². The number of carbonyl (C=O) groups excluding carboxylic acids is 1. The van der Waals surface area contributed by atoms with Crippen molar-refractivity contribution in [2.45, 2.75) is 77.7 Å². The highest BCUT2D eigenvalue weighted by atomic mass is 16.3. The summed E-state index contributed by atoms with van der Waals surface area (Å²) < 4.78 is 0. The van der Waals surface area contributed by atoms with Crippen molar-refractivity contribution in [3.63, 3.8) is 0 Å². The van der Waals surface area contributed by atoms with Gasteiger partial charge in [-0.2, -0.15) is 0 Å². The number of rotatable bonds is 1. The van der Waals surface area contributed by atoms with Gasteiger partial charge in [-0.1, -0.05) is 13.8 Å². The van der Waals surface area contributed by atoms with Gasteiger partial charge in [-0.25, -0.2) is 0 Å². The fourth-order valence-corrected chi connectivity index (χ4v) is 7.50. The Kier molecular flexibility index (Phi) is 3.49. The minimum atomic E-state index is -0.0468. The Bertz CT molecular complexity index is 461. The second-order valence-electron chi connectivity index (χ2n) is 9.45. The lowest BCUT2D eigenvalue weighted by Crippen LogP contribution is -2.54. The maximum atomic E-state index is 11.5. The Hall–Kier alpha value is -0.370. The number of aliphatic hydroxyl groups excluding tert-OH is 1. The smallest absolute Gasteiger partial charge is 0.123 e. The molecule has 1 N–H and O–H groups in total. The molecule has 0 aromatic rings. The van der Waals surface area contributed by atoms with Crippen LogP contribution in [0.2, 0.25) is 0 Å². The monoisotopic (exact) mass is 304 g/mol. The van der Waals surface area contributed by atoms with E-state index in [1.165, 1.54) is 44.8 Å². The maximum Gasteiger partial charge on any atom is 0.123 e. The van der Waals surface area contributed by atoms with E-state index in [0.717, 1.165) is 42.9 Å². The average Bonchev–Trinajstić information content (AvgIpc) is 2.84. The lowest BCUT2D eigenvalue weighted by Gasteiger charge is -2.60. The summed E-state index contributed by atoms with van der Waals surface area (Å²) in [6.45, 7) is 4.95. The Balaban J connectivity index is 1.62. The molecule has 0 saturated heterocycles. The van der Waals surface area contributed by atoms with Crippen molar-refractivity contribution in [1.82, 2.24) is 0 Å². The third-order valence-corrected chi connectivity index (χ3v) is 8.88. The zero-order chi connectivity index (χ0) is 15.5. The summed E-state index contributed by atoms with van der Waals surface area (Å²) in [6.07, 6.45) is 12.2. The fourth-order valence-electron chi connectivity index (χ4n) is 7.50. The second-order valence-corrected chi connectivity index (χ2v) is 9.45. The zero-order valence-electron chi connectivity index (χ0n) is 14.3. The van der Waals surface area contributed by atoms with E-state index >= 15 is 0 Å². The number of fused-ring (bicyclic) bond motifs is 5. The van der Waals surface area contributed by atoms with Crippen LogP contribution in [0.5, 0.6) is 0 Å². The molecule has 0 aromatic heterocycles. The first-order valence-electron chi connectivity index (χ1n) is 9.62. The molecule has 0 amide bonds. The molecule has 0 aromatic carbocycles. The highest BCUT2D eigenvalue weighted by molar-refractivity contribution is 5.56. The molecule has 124 valence electrons. The molecule has 4 aliphatic rings. The van der Waals surface area contributed by atoms with E-state index in [1.54, 1.807) is 0 Å². The lowest BCUT2D eigenvalue weighted by molar-refractivity contribution is -0.133. The van der Waals surface area contributed by atoms with Crippen LogP contribution in [0.3, 0.4) is 0 Å². The highest BCUT2D eigenvalue weighted by Crippen LogP contribution is 2.67. The van der Waals surface area contributed by atoms with Gasteiger partial charge in [-0.05, 0) is 92.3 Å². The number of hydrogen-bond acceptors (Lipinski definition) is 2. The summed E-state index contributed by atoms with van der Waals surface area (Å²) in [4.78, 5) is 11.5. The molecule has 22 heavy (non-hydrogen) atoms. The first-order chi connectivity index (χ1) is 10.5. The van der Waals surface area contributed by atoms with Crippen LogP contribution in [-0.2, 0) is 4.79 Å². The van der Waals surface area contributed by atoms with Gasteiger partial charge in [0.15, 0.2) is 0 Å². The minimum Gasteiger partial charge on any atom is -0.393 e. The Morgan fingerprint density at radius 1 is 0.909 bits per heavy atom. The molecule has 2 heteroatoms. The van der Waals surface area contributed by atoms with Crippen LogP contribution in [0.25, 0.3) is 0 Å². The van der Waals surface area contributed by atoms with E-state index in [-0.39, 0.29) is 6.10 Å². The van der Waals surface area contributed by atoms with Crippen molar-refractivity contribution in [2.24, 2.45) is 40.4 Å². The summed E-state index contributed by atoms with van der Waals surface area (Å²) in [6, 6.07) is 0. The van der Waals surface area contributed by atoms with Gasteiger partial charge in [0.2, 0.25) is 0 Å². The first-order valence-corrected chi connectivity index (χ1v) is 9.62. The van der Waals surface area contributed by atoms with Crippen LogP contribution >= 0.6 is 0 Å². The van der Waals surface area contributed by atoms with E-state index in [9.17, 15) is 9.90 Å². The van der Waals surface area contributed by atoms with Gasteiger partial charge in [0.1, 0.15) is 6.29 Å². The van der Waals surface area contributed by atoms with E-state index < -0.39 is 0 Å². The molecule has 3 unspecified atom stereocenters. The van der Waals surface area contributed by atoms with E-state index in [2.05, 4.69) is 13.8 Å². The predicted octanol–water partition coefficient (Wildman–Crippen LogP) is 4.21. The topological polar surface area (TPSA) is 37.3 Å². The van der Waals surface area contributed by atoms with Crippen molar-refractivity contribution in [2.75, 3.05) is 0 Å². The van der Waals surface area contributed by atoms with E-state index in [0.29, 0.717) is 16.7 Å². The second kappa shape index (κ2) is 5.06. The van der Waals surface area contributed by atoms with Crippen LogP contribution in [0, 0.1) is 40.4 Å². The molecule has 0 aliphatic heterocycles. The number of carbonyl (C=O) groups is 1. The predicted molar refractivity (Wildman–Crippen MR) is 87.3 cm³/mol. The van der Waals surface area contributed by atoms with Gasteiger partial charge < -0.3 is 9.90 Å². The van der Waals surface area contributed by atoms with Crippen LogP contribution in [-0.4, -0.2) is 17.5 Å². The average molecular weight is 304 g/mol. The number of hydrogen-bond donors (Lipinski definition) is 1. The Morgan fingerprint density at radius 3 is 2.41 bits per heavy atom. The molecule has 4 aliphatic carbocycles. The van der Waals surface area contributed by atoms with Gasteiger partial charge in [-0.3, -0.25) is 0 Å². The van der Waals surface area contributed by atoms with Crippen LogP contribution in [0.4, 0.5) is 0 Å². The van der Waals surface area contributed by atoms with Crippen molar-refractivity contribution in [1.29, 1.82) is 0 Å². The number of aliphatic hydroxyl groups is 1. The molecular weight excluding hydrogens is 272 g/mol. The molecular formula is C20H32O2. The minimum absolute atomic E-state index is 0.0468. The SMILES string of the molecule is C[C@]12CCC(O)CC1CC[C@@H]1[C@@H]2CC[C@]2(C)C(C=O)CC[C@@H]12. The molecule has 4 rings (SSSR count). The molecule has 2 nitrogen and oxygen atoms in total. The van der Waals surface area contributed by atoms with Crippen molar-refractivity contribution >= 4 is 6.29 Å². The highest BCUT2D eigenvalue weighted by Gasteiger charge is 2.59. The summed E-state index contributed by atoms with van der Waals surface area (Å²) in [5.74, 6) is 3.54. The maximum absolute atomic E-state index is 11.5. The molecule has 0 spiro atoms. The third-order valence-electron chi connectivity index (χ3n) is 8.88. The molecule has 0 radical (unpaired) electrons. The van der Waals surface area contributed by atoms with Gasteiger partial charge in [-0.15, -0.1) is 0 Å². The normalized spacial score (nSPS) is 57.6. The quantitative estimate of drug-likeness (QED) is 0.737. The fraction of sp³-hybridized carbons (Fsp3) is 0.950. The van der Waals surface area contributed by atoms with Crippen LogP contribution < -0.4 is 0 Å². The van der Waals surface area contributed by atoms with Crippen molar-refractivity contribution in [3.8, 4) is 0 Å². The Morgan fingerprint density at radius 2 is 1.64 bits per heavy atom. The standard InChI is InChI=1S/C20H32O2/c1-19-9-7-15(22)11-13(19)3-5-16-17-6-4-14(12-21)20(17,2)10-8-18(16)19/h12-18,22H,3-11H2,1-2H3/t13?,14?,15?,16-,17-,18-,19-,20+/m0/s1. The van der Waals surface area contributed by atoms with Crippen molar-refractivity contribution in [3.05, 3.63) is 0 Å². The zero-order valence-corrected chi connectivity index (χ0v) is 14.3. The first kappa shape index (κ1) is 15.2. The number of aldehydes is 1. The molecule has 0 heterocycles. The largest absolute Gasteiger partial charge is 0.393 e. The van der Waals surface area contributed by atoms with E-state index in [4.69, 9.17) is 0 Å². The summed E-state index contributed by atoms with van der Waals surface area (Å²) in [5, 5.41) is 10.1.